The monoisotopic (exact) mass is 421 g/mol. The minimum absolute atomic E-state index is 0.247. The summed E-state index contributed by atoms with van der Waals surface area (Å²) in [6.07, 6.45) is 0.660. The highest BCUT2D eigenvalue weighted by molar-refractivity contribution is 7.09. The van der Waals surface area contributed by atoms with Crippen LogP contribution in [0, 0.1) is 20.8 Å². The molecule has 7 nitrogen and oxygen atoms in total. The number of carbonyl (C=O) groups is 1. The van der Waals surface area contributed by atoms with Crippen LogP contribution in [0.25, 0.3) is 11.3 Å². The summed E-state index contributed by atoms with van der Waals surface area (Å²) in [5.41, 5.74) is 5.07. The first-order chi connectivity index (χ1) is 14.5. The number of aryl methyl sites for hydroxylation is 3. The van der Waals surface area contributed by atoms with Gasteiger partial charge in [-0.3, -0.25) is 9.48 Å². The van der Waals surface area contributed by atoms with Crippen molar-refractivity contribution in [3.63, 3.8) is 0 Å². The predicted octanol–water partition coefficient (Wildman–Crippen LogP) is 3.94. The van der Waals surface area contributed by atoms with Gasteiger partial charge in [0.05, 0.1) is 22.9 Å². The second-order valence-corrected chi connectivity index (χ2v) is 8.09. The Morgan fingerprint density at radius 3 is 2.73 bits per heavy atom. The Kier molecular flexibility index (Phi) is 5.76. The topological polar surface area (TPSA) is 85.8 Å². The van der Waals surface area contributed by atoms with Crippen LogP contribution in [0.4, 0.5) is 0 Å². The quantitative estimate of drug-likeness (QED) is 0.488. The maximum Gasteiger partial charge on any atom is 0.273 e. The second-order valence-electron chi connectivity index (χ2n) is 7.15. The fourth-order valence-corrected chi connectivity index (χ4v) is 4.08. The predicted molar refractivity (Wildman–Crippen MR) is 116 cm³/mol. The molecular weight excluding hydrogens is 398 g/mol. The Bertz CT molecular complexity index is 1160. The maximum absolute atomic E-state index is 12.7. The molecule has 0 unspecified atom stereocenters. The minimum Gasteiger partial charge on any atom is -0.361 e. The zero-order valence-electron chi connectivity index (χ0n) is 17.2. The van der Waals surface area contributed by atoms with Crippen LogP contribution in [0.5, 0.6) is 0 Å². The van der Waals surface area contributed by atoms with Crippen LogP contribution < -0.4 is 5.32 Å². The van der Waals surface area contributed by atoms with Crippen molar-refractivity contribution in [3.05, 3.63) is 75.2 Å². The van der Waals surface area contributed by atoms with Gasteiger partial charge >= 0.3 is 0 Å². The van der Waals surface area contributed by atoms with E-state index in [1.807, 2.05) is 67.2 Å². The molecule has 1 N–H and O–H groups in total. The van der Waals surface area contributed by atoms with Crippen molar-refractivity contribution in [1.82, 2.24) is 25.2 Å². The smallest absolute Gasteiger partial charge is 0.273 e. The van der Waals surface area contributed by atoms with Crippen molar-refractivity contribution >= 4 is 17.2 Å². The van der Waals surface area contributed by atoms with E-state index >= 15 is 0 Å². The van der Waals surface area contributed by atoms with Gasteiger partial charge in [0, 0.05) is 35.2 Å². The highest BCUT2D eigenvalue weighted by atomic mass is 32.1. The molecule has 0 fully saturated rings. The van der Waals surface area contributed by atoms with Crippen LogP contribution in [0.3, 0.4) is 0 Å². The number of thiazole rings is 1. The summed E-state index contributed by atoms with van der Waals surface area (Å²) in [6, 6.07) is 12.1. The van der Waals surface area contributed by atoms with Gasteiger partial charge in [-0.25, -0.2) is 4.98 Å². The van der Waals surface area contributed by atoms with E-state index in [9.17, 15) is 4.79 Å². The standard InChI is InChI=1S/C22H23N5O2S/c1-14-11-15(2)27(25-14)12-18-16(3)29-26-21(18)22(28)23-10-9-20-24-19(13-30-20)17-7-5-4-6-8-17/h4-8,11,13H,9-10,12H2,1-3H3,(H,23,28). The summed E-state index contributed by atoms with van der Waals surface area (Å²) in [6.45, 7) is 6.67. The molecule has 0 aliphatic rings. The molecule has 8 heteroatoms. The summed E-state index contributed by atoms with van der Waals surface area (Å²) < 4.78 is 7.14. The average Bonchev–Trinajstić information content (AvgIpc) is 3.43. The van der Waals surface area contributed by atoms with E-state index in [0.717, 1.165) is 33.2 Å². The molecule has 154 valence electrons. The van der Waals surface area contributed by atoms with Crippen molar-refractivity contribution < 1.29 is 9.32 Å². The van der Waals surface area contributed by atoms with E-state index in [4.69, 9.17) is 4.52 Å². The SMILES string of the molecule is Cc1cc(C)n(Cc2c(C(=O)NCCc3nc(-c4ccccc4)cs3)noc2C)n1. The van der Waals surface area contributed by atoms with E-state index in [1.165, 1.54) is 0 Å². The van der Waals surface area contributed by atoms with Gasteiger partial charge in [0.2, 0.25) is 0 Å². The van der Waals surface area contributed by atoms with Crippen molar-refractivity contribution in [2.75, 3.05) is 6.54 Å². The normalized spacial score (nSPS) is 11.0. The number of hydrogen-bond acceptors (Lipinski definition) is 6. The summed E-state index contributed by atoms with van der Waals surface area (Å²) in [7, 11) is 0. The largest absolute Gasteiger partial charge is 0.361 e. The van der Waals surface area contributed by atoms with Crippen LogP contribution in [-0.2, 0) is 13.0 Å². The van der Waals surface area contributed by atoms with Gasteiger partial charge in [0.25, 0.3) is 5.91 Å². The lowest BCUT2D eigenvalue weighted by atomic mass is 10.2. The zero-order valence-corrected chi connectivity index (χ0v) is 18.0. The first-order valence-electron chi connectivity index (χ1n) is 9.75. The third kappa shape index (κ3) is 4.33. The molecule has 1 aromatic carbocycles. The number of carbonyl (C=O) groups excluding carboxylic acids is 1. The molecule has 4 rings (SSSR count). The van der Waals surface area contributed by atoms with Gasteiger partial charge in [0.1, 0.15) is 5.76 Å². The number of amides is 1. The average molecular weight is 422 g/mol. The molecule has 0 radical (unpaired) electrons. The molecule has 3 heterocycles. The van der Waals surface area contributed by atoms with Crippen molar-refractivity contribution in [2.24, 2.45) is 0 Å². The minimum atomic E-state index is -0.247. The molecule has 0 aliphatic carbocycles. The lowest BCUT2D eigenvalue weighted by Gasteiger charge is -2.06. The number of nitrogens with one attached hydrogen (secondary N) is 1. The highest BCUT2D eigenvalue weighted by Gasteiger charge is 2.21. The van der Waals surface area contributed by atoms with Gasteiger partial charge in [-0.05, 0) is 26.8 Å². The fraction of sp³-hybridized carbons (Fsp3) is 0.273. The lowest BCUT2D eigenvalue weighted by Crippen LogP contribution is -2.27. The van der Waals surface area contributed by atoms with Crippen molar-refractivity contribution in [2.45, 2.75) is 33.7 Å². The molecule has 0 saturated carbocycles. The van der Waals surface area contributed by atoms with E-state index in [1.54, 1.807) is 11.3 Å². The maximum atomic E-state index is 12.7. The Morgan fingerprint density at radius 2 is 2.00 bits per heavy atom. The van der Waals surface area contributed by atoms with Crippen LogP contribution >= 0.6 is 11.3 Å². The Labute approximate surface area is 178 Å². The molecule has 0 bridgehead atoms. The van der Waals surface area contributed by atoms with Gasteiger partial charge in [0.15, 0.2) is 5.69 Å². The second kappa shape index (κ2) is 8.62. The van der Waals surface area contributed by atoms with Crippen molar-refractivity contribution in [3.8, 4) is 11.3 Å². The number of nitrogens with zero attached hydrogens (tertiary/aromatic N) is 4. The van der Waals surface area contributed by atoms with Crippen molar-refractivity contribution in [1.29, 1.82) is 0 Å². The highest BCUT2D eigenvalue weighted by Crippen LogP contribution is 2.22. The van der Waals surface area contributed by atoms with E-state index < -0.39 is 0 Å². The summed E-state index contributed by atoms with van der Waals surface area (Å²) >= 11 is 1.60. The number of hydrogen-bond donors (Lipinski definition) is 1. The summed E-state index contributed by atoms with van der Waals surface area (Å²) in [4.78, 5) is 17.4. The van der Waals surface area contributed by atoms with E-state index in [0.29, 0.717) is 31.0 Å². The molecule has 0 aliphatic heterocycles. The van der Waals surface area contributed by atoms with Gasteiger partial charge in [-0.15, -0.1) is 11.3 Å². The Morgan fingerprint density at radius 1 is 1.20 bits per heavy atom. The first kappa shape index (κ1) is 20.0. The summed E-state index contributed by atoms with van der Waals surface area (Å²) in [5.74, 6) is 0.378. The lowest BCUT2D eigenvalue weighted by molar-refractivity contribution is 0.0944. The summed E-state index contributed by atoms with van der Waals surface area (Å²) in [5, 5.41) is 14.4. The van der Waals surface area contributed by atoms with Gasteiger partial charge in [-0.1, -0.05) is 35.5 Å². The molecular formula is C22H23N5O2S. The van der Waals surface area contributed by atoms with E-state index in [-0.39, 0.29) is 5.91 Å². The molecule has 0 saturated heterocycles. The number of aromatic nitrogens is 4. The van der Waals surface area contributed by atoms with Gasteiger partial charge in [-0.2, -0.15) is 5.10 Å². The molecule has 3 aromatic heterocycles. The fourth-order valence-electron chi connectivity index (χ4n) is 3.27. The van der Waals surface area contributed by atoms with E-state index in [2.05, 4.69) is 20.6 Å². The molecule has 30 heavy (non-hydrogen) atoms. The third-order valence-electron chi connectivity index (χ3n) is 4.86. The van der Waals surface area contributed by atoms with Crippen LogP contribution in [0.1, 0.15) is 38.2 Å². The number of benzene rings is 1. The Hall–Kier alpha value is -3.26. The molecule has 0 spiro atoms. The van der Waals surface area contributed by atoms with Gasteiger partial charge < -0.3 is 9.84 Å². The van der Waals surface area contributed by atoms with Crippen LogP contribution in [0.2, 0.25) is 0 Å². The molecule has 0 atom stereocenters. The zero-order chi connectivity index (χ0) is 21.1. The third-order valence-corrected chi connectivity index (χ3v) is 5.77. The molecule has 1 amide bonds. The van der Waals surface area contributed by atoms with Crippen LogP contribution in [0.15, 0.2) is 46.3 Å². The Balaban J connectivity index is 1.38. The first-order valence-corrected chi connectivity index (χ1v) is 10.6. The van der Waals surface area contributed by atoms with Crippen LogP contribution in [-0.4, -0.2) is 32.4 Å². The molecule has 4 aromatic rings. The number of rotatable bonds is 7.